The second kappa shape index (κ2) is 7.70. The van der Waals surface area contributed by atoms with Crippen LogP contribution in [0.1, 0.15) is 24.0 Å². The molecule has 1 fully saturated rings. The lowest BCUT2D eigenvalue weighted by atomic mass is 10.1. The molecule has 1 aromatic heterocycles. The van der Waals surface area contributed by atoms with E-state index in [0.29, 0.717) is 5.56 Å². The highest BCUT2D eigenvalue weighted by atomic mass is 35.5. The van der Waals surface area contributed by atoms with Gasteiger partial charge in [-0.05, 0) is 30.5 Å². The molecule has 11 heteroatoms. The van der Waals surface area contributed by atoms with Gasteiger partial charge in [0, 0.05) is 19.1 Å². The molecule has 3 rings (SSSR count). The van der Waals surface area contributed by atoms with Crippen LogP contribution < -0.4 is 5.32 Å². The molecule has 1 aromatic carbocycles. The van der Waals surface area contributed by atoms with Gasteiger partial charge in [-0.2, -0.15) is 18.3 Å². The Labute approximate surface area is 162 Å². The predicted octanol–water partition coefficient (Wildman–Crippen LogP) is 4.31. The summed E-state index contributed by atoms with van der Waals surface area (Å²) in [6.07, 6.45) is -0.569. The minimum Gasteiger partial charge on any atom is -0.466 e. The molecule has 0 amide bonds. The van der Waals surface area contributed by atoms with Crippen molar-refractivity contribution in [3.8, 4) is 0 Å². The molecule has 0 aliphatic heterocycles. The van der Waals surface area contributed by atoms with Gasteiger partial charge in [-0.25, -0.2) is 14.4 Å². The summed E-state index contributed by atoms with van der Waals surface area (Å²) in [5.74, 6) is -0.707. The molecule has 0 unspecified atom stereocenters. The maximum atomic E-state index is 13.7. The van der Waals surface area contributed by atoms with Gasteiger partial charge in [-0.15, -0.1) is 5.10 Å². The Morgan fingerprint density at radius 3 is 2.50 bits per heavy atom. The Bertz CT molecular complexity index is 897. The molecule has 1 N–H and O–H groups in total. The van der Waals surface area contributed by atoms with Crippen molar-refractivity contribution >= 4 is 30.2 Å². The zero-order valence-electron chi connectivity index (χ0n) is 14.3. The lowest BCUT2D eigenvalue weighted by Gasteiger charge is -2.18. The number of rotatable bonds is 6. The van der Waals surface area contributed by atoms with E-state index >= 15 is 0 Å². The highest BCUT2D eigenvalue weighted by Crippen LogP contribution is 2.48. The van der Waals surface area contributed by atoms with Crippen LogP contribution in [0.5, 0.6) is 0 Å². The first-order valence-electron chi connectivity index (χ1n) is 8.02. The predicted molar refractivity (Wildman–Crippen MR) is 96.1 cm³/mol. The standard InChI is InChI=1S/C17H14ClF4N5O/c1-23-27-14(28-9-17(20,21)22)10-7-24-15(25-8-10)26-16(4-5-16)11-2-3-12(18)13(19)6-11/h2-3,6-8H,1,4-5,9H2,(H,24,25,26)/b27-14-. The largest absolute Gasteiger partial charge is 0.466 e. The molecule has 0 atom stereocenters. The molecule has 1 heterocycles. The van der Waals surface area contributed by atoms with E-state index in [1.165, 1.54) is 24.5 Å². The molecule has 0 spiro atoms. The topological polar surface area (TPSA) is 71.8 Å². The third-order valence-electron chi connectivity index (χ3n) is 4.01. The molecule has 148 valence electrons. The second-order valence-electron chi connectivity index (χ2n) is 6.08. The first-order chi connectivity index (χ1) is 13.2. The van der Waals surface area contributed by atoms with E-state index in [1.807, 2.05) is 0 Å². The Hall–Kier alpha value is -2.75. The van der Waals surface area contributed by atoms with Gasteiger partial charge in [-0.3, -0.25) is 0 Å². The highest BCUT2D eigenvalue weighted by molar-refractivity contribution is 6.30. The summed E-state index contributed by atoms with van der Waals surface area (Å²) in [6, 6.07) is 4.54. The first kappa shape index (κ1) is 20.0. The number of nitrogens with zero attached hydrogens (tertiary/aromatic N) is 4. The lowest BCUT2D eigenvalue weighted by molar-refractivity contribution is -0.156. The van der Waals surface area contributed by atoms with Crippen LogP contribution in [0.25, 0.3) is 0 Å². The number of hydrogen-bond donors (Lipinski definition) is 1. The summed E-state index contributed by atoms with van der Waals surface area (Å²) in [5.41, 5.74) is 0.289. The summed E-state index contributed by atoms with van der Waals surface area (Å²) in [4.78, 5) is 8.14. The maximum Gasteiger partial charge on any atom is 0.422 e. The quantitative estimate of drug-likeness (QED) is 0.330. The molecule has 1 aliphatic carbocycles. The number of halogens is 5. The number of alkyl halides is 3. The minimum atomic E-state index is -4.53. The Morgan fingerprint density at radius 2 is 1.96 bits per heavy atom. The molecular weight excluding hydrogens is 402 g/mol. The number of anilines is 1. The van der Waals surface area contributed by atoms with Gasteiger partial charge in [-0.1, -0.05) is 17.7 Å². The van der Waals surface area contributed by atoms with Crippen LogP contribution in [0.4, 0.5) is 23.5 Å². The summed E-state index contributed by atoms with van der Waals surface area (Å²) < 4.78 is 55.4. The summed E-state index contributed by atoms with van der Waals surface area (Å²) in [5, 5.41) is 9.77. The second-order valence-corrected chi connectivity index (χ2v) is 6.49. The normalized spacial score (nSPS) is 15.8. The van der Waals surface area contributed by atoms with E-state index in [1.54, 1.807) is 6.07 Å². The number of nitrogens with one attached hydrogen (secondary N) is 1. The monoisotopic (exact) mass is 415 g/mol. The van der Waals surface area contributed by atoms with Crippen molar-refractivity contribution in [1.82, 2.24) is 9.97 Å². The molecule has 1 aliphatic rings. The number of benzene rings is 1. The molecule has 1 saturated carbocycles. The van der Waals surface area contributed by atoms with Gasteiger partial charge in [0.15, 0.2) is 6.61 Å². The van der Waals surface area contributed by atoms with Crippen LogP contribution in [-0.2, 0) is 10.3 Å². The van der Waals surface area contributed by atoms with Gasteiger partial charge in [0.1, 0.15) is 5.82 Å². The molecule has 0 radical (unpaired) electrons. The Kier molecular flexibility index (Phi) is 5.50. The van der Waals surface area contributed by atoms with Gasteiger partial charge in [0.25, 0.3) is 0 Å². The first-order valence-corrected chi connectivity index (χ1v) is 8.40. The third-order valence-corrected chi connectivity index (χ3v) is 4.31. The fraction of sp³-hybridized carbons (Fsp3) is 0.294. The van der Waals surface area contributed by atoms with E-state index in [4.69, 9.17) is 11.6 Å². The van der Waals surface area contributed by atoms with Crippen LogP contribution >= 0.6 is 11.6 Å². The van der Waals surface area contributed by atoms with Gasteiger partial charge >= 0.3 is 6.18 Å². The van der Waals surface area contributed by atoms with Crippen LogP contribution in [0, 0.1) is 5.82 Å². The molecule has 2 aromatic rings. The van der Waals surface area contributed by atoms with Gasteiger partial charge in [0.05, 0.1) is 16.1 Å². The lowest BCUT2D eigenvalue weighted by Crippen LogP contribution is -2.22. The molecule has 28 heavy (non-hydrogen) atoms. The Balaban J connectivity index is 1.74. The van der Waals surface area contributed by atoms with Crippen LogP contribution in [0.2, 0.25) is 5.02 Å². The SMILES string of the molecule is C=N/N=C(\OCC(F)(F)F)c1cnc(NC2(c3ccc(Cl)c(F)c3)CC2)nc1. The van der Waals surface area contributed by atoms with Crippen molar-refractivity contribution in [2.75, 3.05) is 11.9 Å². The van der Waals surface area contributed by atoms with Gasteiger partial charge < -0.3 is 10.1 Å². The molecule has 0 bridgehead atoms. The number of hydrogen-bond acceptors (Lipinski definition) is 6. The fourth-order valence-corrected chi connectivity index (χ4v) is 2.62. The zero-order valence-corrected chi connectivity index (χ0v) is 15.1. The zero-order chi connectivity index (χ0) is 20.4. The average Bonchev–Trinajstić information content (AvgIpc) is 3.41. The van der Waals surface area contributed by atoms with Crippen molar-refractivity contribution in [3.63, 3.8) is 0 Å². The van der Waals surface area contributed by atoms with Crippen molar-refractivity contribution in [2.45, 2.75) is 24.6 Å². The molecule has 0 saturated heterocycles. The smallest absolute Gasteiger partial charge is 0.422 e. The summed E-state index contributed by atoms with van der Waals surface area (Å²) >= 11 is 5.71. The van der Waals surface area contributed by atoms with E-state index in [0.717, 1.165) is 12.8 Å². The molecular formula is C17H14ClF4N5O. The van der Waals surface area contributed by atoms with E-state index in [2.05, 4.69) is 36.9 Å². The van der Waals surface area contributed by atoms with Crippen LogP contribution in [0.15, 0.2) is 40.8 Å². The third kappa shape index (κ3) is 4.75. The van der Waals surface area contributed by atoms with E-state index in [9.17, 15) is 17.6 Å². The van der Waals surface area contributed by atoms with Crippen LogP contribution in [-0.4, -0.2) is 35.4 Å². The highest BCUT2D eigenvalue weighted by Gasteiger charge is 2.45. The molecule has 6 nitrogen and oxygen atoms in total. The van der Waals surface area contributed by atoms with Gasteiger partial charge in [0.2, 0.25) is 11.8 Å². The number of ether oxygens (including phenoxy) is 1. The fourth-order valence-electron chi connectivity index (χ4n) is 2.51. The van der Waals surface area contributed by atoms with Crippen molar-refractivity contribution in [1.29, 1.82) is 0 Å². The minimum absolute atomic E-state index is 0.0293. The van der Waals surface area contributed by atoms with E-state index < -0.39 is 30.0 Å². The maximum absolute atomic E-state index is 13.7. The van der Waals surface area contributed by atoms with E-state index in [-0.39, 0.29) is 16.5 Å². The summed E-state index contributed by atoms with van der Waals surface area (Å²) in [6.45, 7) is 1.56. The summed E-state index contributed by atoms with van der Waals surface area (Å²) in [7, 11) is 0. The van der Waals surface area contributed by atoms with Crippen LogP contribution in [0.3, 0.4) is 0 Å². The average molecular weight is 416 g/mol. The Morgan fingerprint density at radius 1 is 1.29 bits per heavy atom. The van der Waals surface area contributed by atoms with Crippen molar-refractivity contribution in [3.05, 3.63) is 52.6 Å². The van der Waals surface area contributed by atoms with Crippen molar-refractivity contribution < 1.29 is 22.3 Å². The van der Waals surface area contributed by atoms with Crippen molar-refractivity contribution in [2.24, 2.45) is 10.2 Å². The number of aromatic nitrogens is 2.